The molecule has 8 nitrogen and oxygen atoms in total. The Balaban J connectivity index is 1.36. The van der Waals surface area contributed by atoms with Crippen molar-refractivity contribution in [2.75, 3.05) is 25.1 Å². The molecule has 35 heavy (non-hydrogen) atoms. The van der Waals surface area contributed by atoms with Crippen LogP contribution in [0.25, 0.3) is 0 Å². The van der Waals surface area contributed by atoms with E-state index in [1.165, 1.54) is 39.4 Å². The number of alkyl halides is 3. The molecule has 2 amide bonds. The molecule has 0 atom stereocenters. The van der Waals surface area contributed by atoms with Gasteiger partial charge in [-0.2, -0.15) is 13.2 Å². The number of hydrogen-bond donors (Lipinski definition) is 1. The third kappa shape index (κ3) is 5.70. The quantitative estimate of drug-likeness (QED) is 0.497. The lowest BCUT2D eigenvalue weighted by Gasteiger charge is -2.31. The number of rotatable bonds is 5. The van der Waals surface area contributed by atoms with Gasteiger partial charge in [0, 0.05) is 31.4 Å². The molecule has 0 unspecified atom stereocenters. The highest BCUT2D eigenvalue weighted by Gasteiger charge is 2.36. The highest BCUT2D eigenvalue weighted by molar-refractivity contribution is 7.09. The maximum absolute atomic E-state index is 13.3. The van der Waals surface area contributed by atoms with E-state index in [9.17, 15) is 22.8 Å². The molecule has 3 heterocycles. The van der Waals surface area contributed by atoms with Crippen molar-refractivity contribution in [1.82, 2.24) is 25.5 Å². The summed E-state index contributed by atoms with van der Waals surface area (Å²) in [7, 11) is 1.60. The van der Waals surface area contributed by atoms with Crippen LogP contribution < -0.4 is 10.4 Å². The highest BCUT2D eigenvalue weighted by atomic mass is 35.5. The number of benzene rings is 1. The molecule has 0 spiro atoms. The summed E-state index contributed by atoms with van der Waals surface area (Å²) in [4.78, 5) is 31.2. The Hall–Kier alpha value is -3.25. The first kappa shape index (κ1) is 24.9. The Morgan fingerprint density at radius 3 is 2.51 bits per heavy atom. The molecule has 4 rings (SSSR count). The van der Waals surface area contributed by atoms with E-state index in [2.05, 4.69) is 20.6 Å². The van der Waals surface area contributed by atoms with Crippen molar-refractivity contribution in [3.8, 4) is 0 Å². The number of amides is 2. The zero-order valence-electron chi connectivity index (χ0n) is 18.4. The van der Waals surface area contributed by atoms with E-state index in [1.54, 1.807) is 24.6 Å². The summed E-state index contributed by atoms with van der Waals surface area (Å²) in [5.41, 5.74) is 1.61. The zero-order valence-corrected chi connectivity index (χ0v) is 20.0. The maximum atomic E-state index is 13.3. The van der Waals surface area contributed by atoms with Crippen LogP contribution in [-0.2, 0) is 6.18 Å². The summed E-state index contributed by atoms with van der Waals surface area (Å²) in [6.07, 6.45) is -3.53. The topological polar surface area (TPSA) is 91.3 Å². The molecule has 3 aromatic rings. The molecule has 13 heteroatoms. The number of likely N-dealkylation sites (tertiary alicyclic amines) is 1. The van der Waals surface area contributed by atoms with Gasteiger partial charge in [-0.05, 0) is 37.1 Å². The third-order valence-corrected chi connectivity index (χ3v) is 6.79. The largest absolute Gasteiger partial charge is 0.417 e. The van der Waals surface area contributed by atoms with Crippen LogP contribution in [0.4, 0.5) is 19.0 Å². The van der Waals surface area contributed by atoms with Crippen molar-refractivity contribution in [3.63, 3.8) is 0 Å². The lowest BCUT2D eigenvalue weighted by atomic mass is 9.96. The van der Waals surface area contributed by atoms with Crippen molar-refractivity contribution in [3.05, 3.63) is 68.8 Å². The van der Waals surface area contributed by atoms with E-state index in [1.807, 2.05) is 0 Å². The number of nitrogens with one attached hydrogen (secondary N) is 1. The van der Waals surface area contributed by atoms with Gasteiger partial charge in [0.25, 0.3) is 11.8 Å². The Morgan fingerprint density at radius 1 is 1.14 bits per heavy atom. The second-order valence-electron chi connectivity index (χ2n) is 7.90. The molecule has 0 radical (unpaired) electrons. The van der Waals surface area contributed by atoms with Gasteiger partial charge in [0.05, 0.1) is 16.1 Å². The summed E-state index contributed by atoms with van der Waals surface area (Å²) >= 11 is 7.05. The SMILES string of the molecule is CN(NC(=O)c1csc(C2CCN(C(=O)c3ccccc3C(F)(F)F)CC2)n1)c1ccc(Cl)nn1. The standard InChI is InChI=1S/C22H20ClF3N6O2S/c1-31(18-7-6-17(23)28-29-18)30-19(33)16-12-35-20(27-16)13-8-10-32(11-9-13)21(34)14-4-2-3-5-15(14)22(24,25)26/h2-7,12-13H,8-11H2,1H3,(H,30,33). The van der Waals surface area contributed by atoms with Crippen molar-refractivity contribution in [2.45, 2.75) is 24.9 Å². The van der Waals surface area contributed by atoms with Gasteiger partial charge >= 0.3 is 6.18 Å². The van der Waals surface area contributed by atoms with Crippen molar-refractivity contribution in [2.24, 2.45) is 0 Å². The number of aromatic nitrogens is 3. The molecule has 2 aromatic heterocycles. The number of hydrogen-bond acceptors (Lipinski definition) is 7. The summed E-state index contributed by atoms with van der Waals surface area (Å²) in [6, 6.07) is 7.96. The van der Waals surface area contributed by atoms with E-state index >= 15 is 0 Å². The number of hydrazine groups is 1. The van der Waals surface area contributed by atoms with E-state index < -0.39 is 23.6 Å². The van der Waals surface area contributed by atoms with Crippen LogP contribution in [0.5, 0.6) is 0 Å². The first-order valence-electron chi connectivity index (χ1n) is 10.6. The number of thiazole rings is 1. The molecule has 1 aliphatic heterocycles. The Morgan fingerprint density at radius 2 is 1.86 bits per heavy atom. The molecule has 184 valence electrons. The molecular formula is C22H20ClF3N6O2S. The van der Waals surface area contributed by atoms with Crippen LogP contribution in [0, 0.1) is 0 Å². The number of carbonyl (C=O) groups is 2. The molecule has 0 bridgehead atoms. The van der Waals surface area contributed by atoms with Crippen molar-refractivity contribution < 1.29 is 22.8 Å². The molecular weight excluding hydrogens is 505 g/mol. The van der Waals surface area contributed by atoms with Gasteiger partial charge in [0.15, 0.2) is 11.0 Å². The number of anilines is 1. The van der Waals surface area contributed by atoms with E-state index in [-0.39, 0.29) is 22.3 Å². The fourth-order valence-corrected chi connectivity index (χ4v) is 4.82. The second-order valence-corrected chi connectivity index (χ2v) is 9.17. The molecule has 1 aromatic carbocycles. The van der Waals surface area contributed by atoms with Crippen LogP contribution >= 0.6 is 22.9 Å². The number of piperidine rings is 1. The maximum Gasteiger partial charge on any atom is 0.417 e. The van der Waals surface area contributed by atoms with Crippen LogP contribution in [0.2, 0.25) is 5.15 Å². The van der Waals surface area contributed by atoms with Gasteiger partial charge in [-0.1, -0.05) is 23.7 Å². The van der Waals surface area contributed by atoms with Crippen LogP contribution in [0.15, 0.2) is 41.8 Å². The van der Waals surface area contributed by atoms with E-state index in [0.717, 1.165) is 11.1 Å². The molecule has 0 saturated carbocycles. The zero-order chi connectivity index (χ0) is 25.2. The minimum atomic E-state index is -4.60. The van der Waals surface area contributed by atoms with E-state index in [4.69, 9.17) is 11.6 Å². The molecule has 1 N–H and O–H groups in total. The first-order chi connectivity index (χ1) is 16.6. The van der Waals surface area contributed by atoms with Gasteiger partial charge < -0.3 is 4.90 Å². The van der Waals surface area contributed by atoms with Crippen LogP contribution in [0.1, 0.15) is 50.2 Å². The minimum Gasteiger partial charge on any atom is -0.339 e. The summed E-state index contributed by atoms with van der Waals surface area (Å²) < 4.78 is 39.9. The fourth-order valence-electron chi connectivity index (χ4n) is 3.75. The van der Waals surface area contributed by atoms with Crippen LogP contribution in [-0.4, -0.2) is 52.0 Å². The molecule has 1 saturated heterocycles. The van der Waals surface area contributed by atoms with Crippen molar-refractivity contribution in [1.29, 1.82) is 0 Å². The molecule has 0 aliphatic carbocycles. The Labute approximate surface area is 207 Å². The van der Waals surface area contributed by atoms with Gasteiger partial charge in [0.1, 0.15) is 5.69 Å². The average Bonchev–Trinajstić information content (AvgIpc) is 3.34. The normalized spacial score (nSPS) is 14.6. The van der Waals surface area contributed by atoms with E-state index in [0.29, 0.717) is 31.7 Å². The average molecular weight is 525 g/mol. The summed E-state index contributed by atoms with van der Waals surface area (Å²) in [6.45, 7) is 0.601. The fraction of sp³-hybridized carbons (Fsp3) is 0.318. The first-order valence-corrected chi connectivity index (χ1v) is 11.8. The van der Waals surface area contributed by atoms with Crippen molar-refractivity contribution >= 4 is 40.6 Å². The number of carbonyl (C=O) groups excluding carboxylic acids is 2. The van der Waals surface area contributed by atoms with Gasteiger partial charge in [-0.25, -0.2) is 4.98 Å². The Bertz CT molecular complexity index is 1210. The van der Waals surface area contributed by atoms with Gasteiger partial charge in [-0.3, -0.25) is 20.0 Å². The summed E-state index contributed by atoms with van der Waals surface area (Å²) in [5, 5.41) is 11.6. The van der Waals surface area contributed by atoms with Gasteiger partial charge in [0.2, 0.25) is 0 Å². The third-order valence-electron chi connectivity index (χ3n) is 5.58. The highest BCUT2D eigenvalue weighted by Crippen LogP contribution is 2.34. The minimum absolute atomic E-state index is 0.00308. The second kappa shape index (κ2) is 10.2. The lowest BCUT2D eigenvalue weighted by molar-refractivity contribution is -0.138. The molecule has 1 aliphatic rings. The smallest absolute Gasteiger partial charge is 0.339 e. The number of nitrogens with zero attached hydrogens (tertiary/aromatic N) is 5. The van der Waals surface area contributed by atoms with Crippen LogP contribution in [0.3, 0.4) is 0 Å². The van der Waals surface area contributed by atoms with Gasteiger partial charge in [-0.15, -0.1) is 21.5 Å². The predicted octanol–water partition coefficient (Wildman–Crippen LogP) is 4.41. The summed E-state index contributed by atoms with van der Waals surface area (Å²) in [5.74, 6) is -0.669. The monoisotopic (exact) mass is 524 g/mol. The Kier molecular flexibility index (Phi) is 7.22. The predicted molar refractivity (Wildman–Crippen MR) is 124 cm³/mol. The number of halogens is 4. The molecule has 1 fully saturated rings. The lowest BCUT2D eigenvalue weighted by Crippen LogP contribution is -2.40.